The summed E-state index contributed by atoms with van der Waals surface area (Å²) >= 11 is 0. The van der Waals surface area contributed by atoms with Crippen molar-refractivity contribution in [2.45, 2.75) is 32.9 Å². The molecule has 0 spiro atoms. The summed E-state index contributed by atoms with van der Waals surface area (Å²) < 4.78 is 2.19. The van der Waals surface area contributed by atoms with Gasteiger partial charge in [0.1, 0.15) is 5.65 Å². The number of hydrogen-bond acceptors (Lipinski definition) is 3. The SMILES string of the molecule is CCNCc1cn(CCCCO)c2ncccc12. The summed E-state index contributed by atoms with van der Waals surface area (Å²) in [6, 6.07) is 4.10. The van der Waals surface area contributed by atoms with Gasteiger partial charge in [-0.2, -0.15) is 0 Å². The number of aliphatic hydroxyl groups excluding tert-OH is 1. The third kappa shape index (κ3) is 2.89. The van der Waals surface area contributed by atoms with Crippen molar-refractivity contribution in [2.75, 3.05) is 13.2 Å². The van der Waals surface area contributed by atoms with E-state index in [2.05, 4.69) is 34.1 Å². The van der Waals surface area contributed by atoms with E-state index in [0.717, 1.165) is 38.1 Å². The molecule has 2 N–H and O–H groups in total. The molecule has 0 unspecified atom stereocenters. The van der Waals surface area contributed by atoms with E-state index in [1.807, 2.05) is 12.3 Å². The van der Waals surface area contributed by atoms with E-state index in [-0.39, 0.29) is 6.61 Å². The van der Waals surface area contributed by atoms with Gasteiger partial charge in [0.05, 0.1) is 0 Å². The first-order chi connectivity index (χ1) is 8.86. The quantitative estimate of drug-likeness (QED) is 0.735. The molecular formula is C14H21N3O. The first-order valence-electron chi connectivity index (χ1n) is 6.61. The molecule has 0 saturated carbocycles. The predicted molar refractivity (Wildman–Crippen MR) is 73.4 cm³/mol. The zero-order chi connectivity index (χ0) is 12.8. The van der Waals surface area contributed by atoms with E-state index in [1.54, 1.807) is 0 Å². The third-order valence-corrected chi connectivity index (χ3v) is 3.09. The molecule has 0 aromatic carbocycles. The molecule has 0 aliphatic carbocycles. The average molecular weight is 247 g/mol. The standard InChI is InChI=1S/C14H21N3O/c1-2-15-10-12-11-17(8-3-4-9-18)14-13(12)6-5-7-16-14/h5-7,11,15,18H,2-4,8-10H2,1H3. The summed E-state index contributed by atoms with van der Waals surface area (Å²) in [4.78, 5) is 4.46. The molecule has 2 aromatic heterocycles. The minimum atomic E-state index is 0.261. The van der Waals surface area contributed by atoms with Crippen LogP contribution in [0.15, 0.2) is 24.5 Å². The van der Waals surface area contributed by atoms with Crippen LogP contribution in [0.3, 0.4) is 0 Å². The zero-order valence-electron chi connectivity index (χ0n) is 10.9. The number of pyridine rings is 1. The van der Waals surface area contributed by atoms with Gasteiger partial charge in [-0.15, -0.1) is 0 Å². The van der Waals surface area contributed by atoms with Crippen LogP contribution in [0.4, 0.5) is 0 Å². The van der Waals surface area contributed by atoms with Crippen molar-refractivity contribution in [1.82, 2.24) is 14.9 Å². The lowest BCUT2D eigenvalue weighted by Crippen LogP contribution is -2.11. The van der Waals surface area contributed by atoms with Crippen molar-refractivity contribution in [3.8, 4) is 0 Å². The van der Waals surface area contributed by atoms with Crippen molar-refractivity contribution < 1.29 is 5.11 Å². The summed E-state index contributed by atoms with van der Waals surface area (Å²) in [6.45, 7) is 5.14. The normalized spacial score (nSPS) is 11.2. The molecule has 2 rings (SSSR count). The highest BCUT2D eigenvalue weighted by Crippen LogP contribution is 2.19. The number of rotatable bonds is 7. The highest BCUT2D eigenvalue weighted by Gasteiger charge is 2.08. The van der Waals surface area contributed by atoms with Gasteiger partial charge in [0.2, 0.25) is 0 Å². The van der Waals surface area contributed by atoms with E-state index < -0.39 is 0 Å². The minimum Gasteiger partial charge on any atom is -0.396 e. The Morgan fingerprint density at radius 3 is 3.06 bits per heavy atom. The topological polar surface area (TPSA) is 50.1 Å². The Hall–Kier alpha value is -1.39. The van der Waals surface area contributed by atoms with E-state index in [4.69, 9.17) is 5.11 Å². The van der Waals surface area contributed by atoms with Crippen molar-refractivity contribution in [2.24, 2.45) is 0 Å². The molecule has 0 atom stereocenters. The van der Waals surface area contributed by atoms with E-state index in [9.17, 15) is 0 Å². The smallest absolute Gasteiger partial charge is 0.140 e. The number of hydrogen-bond donors (Lipinski definition) is 2. The molecule has 0 aliphatic heterocycles. The summed E-state index contributed by atoms with van der Waals surface area (Å²) in [5.74, 6) is 0. The molecule has 98 valence electrons. The molecule has 2 heterocycles. The Balaban J connectivity index is 2.23. The Morgan fingerprint density at radius 1 is 1.39 bits per heavy atom. The van der Waals surface area contributed by atoms with E-state index in [0.29, 0.717) is 0 Å². The predicted octanol–water partition coefficient (Wildman–Crippen LogP) is 1.92. The number of fused-ring (bicyclic) bond motifs is 1. The second-order valence-electron chi connectivity index (χ2n) is 4.43. The number of nitrogens with one attached hydrogen (secondary N) is 1. The molecular weight excluding hydrogens is 226 g/mol. The number of nitrogens with zero attached hydrogens (tertiary/aromatic N) is 2. The van der Waals surface area contributed by atoms with Gasteiger partial charge >= 0.3 is 0 Å². The fraction of sp³-hybridized carbons (Fsp3) is 0.500. The van der Waals surface area contributed by atoms with Gasteiger partial charge < -0.3 is 15.0 Å². The Kier molecular flexibility index (Phi) is 4.73. The fourth-order valence-corrected chi connectivity index (χ4v) is 2.16. The highest BCUT2D eigenvalue weighted by atomic mass is 16.2. The molecule has 0 radical (unpaired) electrons. The van der Waals surface area contributed by atoms with Gasteiger partial charge in [0.15, 0.2) is 0 Å². The molecule has 4 nitrogen and oxygen atoms in total. The highest BCUT2D eigenvalue weighted by molar-refractivity contribution is 5.80. The maximum Gasteiger partial charge on any atom is 0.140 e. The second-order valence-corrected chi connectivity index (χ2v) is 4.43. The van der Waals surface area contributed by atoms with Crippen LogP contribution < -0.4 is 5.32 Å². The van der Waals surface area contributed by atoms with Crippen LogP contribution in [0.25, 0.3) is 11.0 Å². The van der Waals surface area contributed by atoms with Gasteiger partial charge in [-0.1, -0.05) is 6.92 Å². The van der Waals surface area contributed by atoms with Gasteiger partial charge in [-0.05, 0) is 37.1 Å². The molecule has 0 bridgehead atoms. The van der Waals surface area contributed by atoms with Crippen LogP contribution in [0.1, 0.15) is 25.3 Å². The maximum absolute atomic E-state index is 8.84. The fourth-order valence-electron chi connectivity index (χ4n) is 2.16. The number of unbranched alkanes of at least 4 members (excludes halogenated alkanes) is 1. The minimum absolute atomic E-state index is 0.261. The summed E-state index contributed by atoms with van der Waals surface area (Å²) in [7, 11) is 0. The van der Waals surface area contributed by atoms with Gasteiger partial charge in [-0.25, -0.2) is 4.98 Å². The Bertz CT molecular complexity index is 493. The third-order valence-electron chi connectivity index (χ3n) is 3.09. The molecule has 0 aliphatic rings. The molecule has 0 saturated heterocycles. The van der Waals surface area contributed by atoms with Crippen molar-refractivity contribution in [3.63, 3.8) is 0 Å². The summed E-state index contributed by atoms with van der Waals surface area (Å²) in [5, 5.41) is 13.4. The summed E-state index contributed by atoms with van der Waals surface area (Å²) in [6.07, 6.45) is 5.84. The molecule has 2 aromatic rings. The Morgan fingerprint density at radius 2 is 2.28 bits per heavy atom. The van der Waals surface area contributed by atoms with Crippen molar-refractivity contribution in [1.29, 1.82) is 0 Å². The molecule has 4 heteroatoms. The average Bonchev–Trinajstić information content (AvgIpc) is 2.76. The number of aromatic nitrogens is 2. The van der Waals surface area contributed by atoms with E-state index >= 15 is 0 Å². The monoisotopic (exact) mass is 247 g/mol. The van der Waals surface area contributed by atoms with Crippen LogP contribution in [-0.2, 0) is 13.1 Å². The van der Waals surface area contributed by atoms with Gasteiger partial charge in [0, 0.05) is 37.5 Å². The lowest BCUT2D eigenvalue weighted by molar-refractivity contribution is 0.281. The summed E-state index contributed by atoms with van der Waals surface area (Å²) in [5.41, 5.74) is 2.34. The molecule has 18 heavy (non-hydrogen) atoms. The first kappa shape index (κ1) is 13.1. The van der Waals surface area contributed by atoms with Crippen molar-refractivity contribution in [3.05, 3.63) is 30.1 Å². The van der Waals surface area contributed by atoms with E-state index in [1.165, 1.54) is 10.9 Å². The second kappa shape index (κ2) is 6.52. The van der Waals surface area contributed by atoms with Crippen LogP contribution >= 0.6 is 0 Å². The number of aryl methyl sites for hydroxylation is 1. The molecule has 0 amide bonds. The number of aliphatic hydroxyl groups is 1. The Labute approximate surface area is 108 Å². The maximum atomic E-state index is 8.84. The van der Waals surface area contributed by atoms with Crippen LogP contribution in [0, 0.1) is 0 Å². The van der Waals surface area contributed by atoms with Crippen LogP contribution in [0.5, 0.6) is 0 Å². The molecule has 0 fully saturated rings. The van der Waals surface area contributed by atoms with Crippen LogP contribution in [-0.4, -0.2) is 27.8 Å². The largest absolute Gasteiger partial charge is 0.396 e. The lowest BCUT2D eigenvalue weighted by atomic mass is 10.2. The zero-order valence-corrected chi connectivity index (χ0v) is 10.9. The first-order valence-corrected chi connectivity index (χ1v) is 6.61. The van der Waals surface area contributed by atoms with Gasteiger partial charge in [0.25, 0.3) is 0 Å². The van der Waals surface area contributed by atoms with Crippen LogP contribution in [0.2, 0.25) is 0 Å². The lowest BCUT2D eigenvalue weighted by Gasteiger charge is -2.02. The van der Waals surface area contributed by atoms with Gasteiger partial charge in [-0.3, -0.25) is 0 Å². The van der Waals surface area contributed by atoms with Crippen molar-refractivity contribution >= 4 is 11.0 Å².